The van der Waals surface area contributed by atoms with E-state index in [4.69, 9.17) is 5.11 Å². The van der Waals surface area contributed by atoms with Crippen molar-refractivity contribution >= 4 is 17.7 Å². The standard InChI is InChI=1S/C9H15NO2S/c1-8(2)3-4-9(8)10-6(5-13-9)7(11)12/h6,10H,3-5H2,1-2H3,(H,11,12)/t6-,9?/m0/s1. The predicted octanol–water partition coefficient (Wildman–Crippen LogP) is 1.29. The second kappa shape index (κ2) is 2.64. The van der Waals surface area contributed by atoms with Gasteiger partial charge in [0.1, 0.15) is 6.04 Å². The zero-order chi connectivity index (χ0) is 9.69. The Labute approximate surface area is 82.3 Å². The molecule has 0 amide bonds. The van der Waals surface area contributed by atoms with Crippen LogP contribution >= 0.6 is 11.8 Å². The average Bonchev–Trinajstić information content (AvgIpc) is 2.49. The van der Waals surface area contributed by atoms with Gasteiger partial charge >= 0.3 is 5.97 Å². The van der Waals surface area contributed by atoms with Gasteiger partial charge in [0.25, 0.3) is 0 Å². The SMILES string of the molecule is CC1(C)CCC12N[C@H](C(=O)O)CS2. The fraction of sp³-hybridized carbons (Fsp3) is 0.889. The molecule has 0 bridgehead atoms. The first kappa shape index (κ1) is 9.34. The molecule has 1 saturated heterocycles. The van der Waals surface area contributed by atoms with Crippen molar-refractivity contribution in [2.45, 2.75) is 37.6 Å². The second-order valence-corrected chi connectivity index (χ2v) is 5.88. The van der Waals surface area contributed by atoms with Crippen LogP contribution in [-0.4, -0.2) is 27.7 Å². The van der Waals surface area contributed by atoms with Gasteiger partial charge in [-0.1, -0.05) is 13.8 Å². The number of hydrogen-bond donors (Lipinski definition) is 2. The molecule has 0 aromatic carbocycles. The zero-order valence-corrected chi connectivity index (χ0v) is 8.78. The summed E-state index contributed by atoms with van der Waals surface area (Å²) >= 11 is 1.78. The molecule has 1 heterocycles. The first-order chi connectivity index (χ1) is 5.97. The number of rotatable bonds is 1. The van der Waals surface area contributed by atoms with E-state index in [9.17, 15) is 4.79 Å². The molecule has 2 atom stereocenters. The van der Waals surface area contributed by atoms with Crippen LogP contribution in [0.3, 0.4) is 0 Å². The van der Waals surface area contributed by atoms with Crippen molar-refractivity contribution in [3.63, 3.8) is 0 Å². The number of carboxylic acid groups (broad SMARTS) is 1. The highest BCUT2D eigenvalue weighted by molar-refractivity contribution is 8.01. The highest BCUT2D eigenvalue weighted by atomic mass is 32.2. The lowest BCUT2D eigenvalue weighted by Crippen LogP contribution is -2.60. The number of hydrogen-bond acceptors (Lipinski definition) is 3. The van der Waals surface area contributed by atoms with E-state index in [1.165, 1.54) is 6.42 Å². The second-order valence-electron chi connectivity index (χ2n) is 4.56. The fourth-order valence-corrected chi connectivity index (χ4v) is 3.75. The third-order valence-electron chi connectivity index (χ3n) is 3.40. The Bertz CT molecular complexity index is 254. The van der Waals surface area contributed by atoms with Crippen LogP contribution in [-0.2, 0) is 4.79 Å². The topological polar surface area (TPSA) is 49.3 Å². The largest absolute Gasteiger partial charge is 0.480 e. The molecule has 1 aliphatic carbocycles. The number of carboxylic acids is 1. The molecule has 4 heteroatoms. The molecule has 74 valence electrons. The van der Waals surface area contributed by atoms with Gasteiger partial charge in [-0.15, -0.1) is 11.8 Å². The minimum absolute atomic E-state index is 0.0516. The molecule has 2 rings (SSSR count). The molecule has 1 spiro atoms. The monoisotopic (exact) mass is 201 g/mol. The average molecular weight is 201 g/mol. The molecule has 1 aliphatic heterocycles. The third kappa shape index (κ3) is 1.19. The quantitative estimate of drug-likeness (QED) is 0.671. The zero-order valence-electron chi connectivity index (χ0n) is 7.96. The van der Waals surface area contributed by atoms with E-state index < -0.39 is 5.97 Å². The minimum atomic E-state index is -0.716. The lowest BCUT2D eigenvalue weighted by Gasteiger charge is -2.53. The Kier molecular flexibility index (Phi) is 1.90. The normalized spacial score (nSPS) is 41.8. The molecule has 1 saturated carbocycles. The first-order valence-corrected chi connectivity index (χ1v) is 5.60. The van der Waals surface area contributed by atoms with E-state index in [1.54, 1.807) is 11.8 Å². The summed E-state index contributed by atoms with van der Waals surface area (Å²) in [7, 11) is 0. The lowest BCUT2D eigenvalue weighted by molar-refractivity contribution is -0.139. The maximum Gasteiger partial charge on any atom is 0.321 e. The molecule has 3 nitrogen and oxygen atoms in total. The van der Waals surface area contributed by atoms with Crippen molar-refractivity contribution in [2.24, 2.45) is 5.41 Å². The van der Waals surface area contributed by atoms with Crippen molar-refractivity contribution in [3.8, 4) is 0 Å². The van der Waals surface area contributed by atoms with E-state index in [1.807, 2.05) is 0 Å². The number of nitrogens with one attached hydrogen (secondary N) is 1. The summed E-state index contributed by atoms with van der Waals surface area (Å²) in [6.45, 7) is 4.42. The number of thioether (sulfide) groups is 1. The Morgan fingerprint density at radius 1 is 1.54 bits per heavy atom. The van der Waals surface area contributed by atoms with Crippen molar-refractivity contribution in [1.82, 2.24) is 5.32 Å². The molecule has 13 heavy (non-hydrogen) atoms. The molecule has 2 aliphatic rings. The highest BCUT2D eigenvalue weighted by Crippen LogP contribution is 2.58. The van der Waals surface area contributed by atoms with Gasteiger partial charge in [-0.05, 0) is 18.3 Å². The molecular formula is C9H15NO2S. The van der Waals surface area contributed by atoms with E-state index in [-0.39, 0.29) is 16.3 Å². The summed E-state index contributed by atoms with van der Waals surface area (Å²) in [5, 5.41) is 12.1. The Morgan fingerprint density at radius 2 is 2.23 bits per heavy atom. The molecular weight excluding hydrogens is 186 g/mol. The van der Waals surface area contributed by atoms with Gasteiger partial charge < -0.3 is 5.11 Å². The maximum atomic E-state index is 10.8. The summed E-state index contributed by atoms with van der Waals surface area (Å²) in [5.74, 6) is -0.00856. The summed E-state index contributed by atoms with van der Waals surface area (Å²) in [4.78, 5) is 10.8. The lowest BCUT2D eigenvalue weighted by atomic mass is 9.66. The summed E-state index contributed by atoms with van der Waals surface area (Å²) < 4.78 is 0. The van der Waals surface area contributed by atoms with Gasteiger partial charge in [-0.3, -0.25) is 10.1 Å². The summed E-state index contributed by atoms with van der Waals surface area (Å²) in [6.07, 6.45) is 2.30. The van der Waals surface area contributed by atoms with Gasteiger partial charge in [0, 0.05) is 5.75 Å². The van der Waals surface area contributed by atoms with Gasteiger partial charge in [0.2, 0.25) is 0 Å². The predicted molar refractivity (Wildman–Crippen MR) is 52.8 cm³/mol. The van der Waals surface area contributed by atoms with Crippen LogP contribution < -0.4 is 5.32 Å². The highest BCUT2D eigenvalue weighted by Gasteiger charge is 2.57. The van der Waals surface area contributed by atoms with Gasteiger partial charge in [-0.2, -0.15) is 0 Å². The summed E-state index contributed by atoms with van der Waals surface area (Å²) in [6, 6.07) is -0.343. The van der Waals surface area contributed by atoms with E-state index in [0.29, 0.717) is 5.75 Å². The van der Waals surface area contributed by atoms with Crippen LogP contribution in [0.1, 0.15) is 26.7 Å². The summed E-state index contributed by atoms with van der Waals surface area (Å²) in [5.41, 5.74) is 0.252. The van der Waals surface area contributed by atoms with Crippen LogP contribution in [0.2, 0.25) is 0 Å². The molecule has 2 fully saturated rings. The van der Waals surface area contributed by atoms with Crippen LogP contribution in [0, 0.1) is 5.41 Å². The smallest absolute Gasteiger partial charge is 0.321 e. The Balaban J connectivity index is 2.09. The number of carbonyl (C=O) groups is 1. The van der Waals surface area contributed by atoms with Gasteiger partial charge in [-0.25, -0.2) is 0 Å². The van der Waals surface area contributed by atoms with Crippen LogP contribution in [0.25, 0.3) is 0 Å². The van der Waals surface area contributed by atoms with E-state index >= 15 is 0 Å². The minimum Gasteiger partial charge on any atom is -0.480 e. The van der Waals surface area contributed by atoms with Crippen molar-refractivity contribution in [3.05, 3.63) is 0 Å². The first-order valence-electron chi connectivity index (χ1n) is 4.61. The van der Waals surface area contributed by atoms with Crippen molar-refractivity contribution in [2.75, 3.05) is 5.75 Å². The van der Waals surface area contributed by atoms with Gasteiger partial charge in [0.05, 0.1) is 4.87 Å². The molecule has 2 N–H and O–H groups in total. The van der Waals surface area contributed by atoms with Crippen LogP contribution in [0.4, 0.5) is 0 Å². The van der Waals surface area contributed by atoms with Crippen LogP contribution in [0.15, 0.2) is 0 Å². The molecule has 1 unspecified atom stereocenters. The van der Waals surface area contributed by atoms with E-state index in [0.717, 1.165) is 6.42 Å². The fourth-order valence-electron chi connectivity index (χ4n) is 2.11. The molecule has 0 radical (unpaired) electrons. The number of aliphatic carboxylic acids is 1. The Morgan fingerprint density at radius 3 is 2.46 bits per heavy atom. The maximum absolute atomic E-state index is 10.8. The van der Waals surface area contributed by atoms with Crippen molar-refractivity contribution in [1.29, 1.82) is 0 Å². The molecule has 0 aromatic heterocycles. The third-order valence-corrected chi connectivity index (χ3v) is 5.26. The molecule has 0 aromatic rings. The van der Waals surface area contributed by atoms with Crippen molar-refractivity contribution < 1.29 is 9.90 Å². The van der Waals surface area contributed by atoms with Gasteiger partial charge in [0.15, 0.2) is 0 Å². The Hall–Kier alpha value is -0.220. The van der Waals surface area contributed by atoms with Crippen LogP contribution in [0.5, 0.6) is 0 Å². The van der Waals surface area contributed by atoms with E-state index in [2.05, 4.69) is 19.2 Å².